The van der Waals surface area contributed by atoms with Crippen LogP contribution >= 0.6 is 11.3 Å². The van der Waals surface area contributed by atoms with Gasteiger partial charge in [-0.3, -0.25) is 4.40 Å². The molecule has 0 saturated heterocycles. The highest BCUT2D eigenvalue weighted by molar-refractivity contribution is 7.15. The molecule has 0 aliphatic heterocycles. The van der Waals surface area contributed by atoms with Gasteiger partial charge in [0.2, 0.25) is 0 Å². The molecule has 0 radical (unpaired) electrons. The summed E-state index contributed by atoms with van der Waals surface area (Å²) in [5.41, 5.74) is 0.943. The van der Waals surface area contributed by atoms with Gasteiger partial charge in [0, 0.05) is 11.6 Å². The lowest BCUT2D eigenvalue weighted by molar-refractivity contribution is 0.0690. The standard InChI is InChI=1S/C8H8N2O2S/c1-2-5-6(7(11)12)9-8-10(5)3-4-13-8/h3-4H,2H2,1H3,(H,11,12). The molecular formula is C8H8N2O2S. The van der Waals surface area contributed by atoms with Gasteiger partial charge in [-0.15, -0.1) is 11.3 Å². The monoisotopic (exact) mass is 196 g/mol. The summed E-state index contributed by atoms with van der Waals surface area (Å²) in [5, 5.41) is 10.7. The van der Waals surface area contributed by atoms with Crippen LogP contribution in [0.25, 0.3) is 4.96 Å². The fourth-order valence-electron chi connectivity index (χ4n) is 1.34. The number of nitrogens with zero attached hydrogens (tertiary/aromatic N) is 2. The van der Waals surface area contributed by atoms with Gasteiger partial charge in [0.05, 0.1) is 5.69 Å². The normalized spacial score (nSPS) is 10.8. The number of rotatable bonds is 2. The van der Waals surface area contributed by atoms with E-state index in [1.165, 1.54) is 11.3 Å². The lowest BCUT2D eigenvalue weighted by atomic mass is 10.2. The van der Waals surface area contributed by atoms with Crippen LogP contribution in [0.2, 0.25) is 0 Å². The quantitative estimate of drug-likeness (QED) is 0.794. The van der Waals surface area contributed by atoms with Crippen molar-refractivity contribution >= 4 is 22.3 Å². The van der Waals surface area contributed by atoms with E-state index < -0.39 is 5.97 Å². The van der Waals surface area contributed by atoms with Gasteiger partial charge in [0.15, 0.2) is 10.7 Å². The molecular weight excluding hydrogens is 188 g/mol. The Morgan fingerprint density at radius 3 is 3.15 bits per heavy atom. The number of carbonyl (C=O) groups is 1. The molecule has 68 valence electrons. The number of hydrogen-bond acceptors (Lipinski definition) is 3. The first-order valence-electron chi connectivity index (χ1n) is 3.91. The third-order valence-electron chi connectivity index (χ3n) is 1.90. The average molecular weight is 196 g/mol. The second-order valence-corrected chi connectivity index (χ2v) is 3.49. The Morgan fingerprint density at radius 1 is 1.77 bits per heavy atom. The number of aryl methyl sites for hydroxylation is 1. The van der Waals surface area contributed by atoms with Crippen molar-refractivity contribution < 1.29 is 9.90 Å². The molecule has 2 aromatic rings. The van der Waals surface area contributed by atoms with Crippen LogP contribution in [0.3, 0.4) is 0 Å². The van der Waals surface area contributed by atoms with Gasteiger partial charge in [-0.2, -0.15) is 0 Å². The van der Waals surface area contributed by atoms with Crippen molar-refractivity contribution in [1.29, 1.82) is 0 Å². The molecule has 13 heavy (non-hydrogen) atoms. The Balaban J connectivity index is 2.74. The van der Waals surface area contributed by atoms with E-state index in [1.54, 1.807) is 0 Å². The maximum Gasteiger partial charge on any atom is 0.356 e. The van der Waals surface area contributed by atoms with Crippen LogP contribution in [0.1, 0.15) is 23.1 Å². The van der Waals surface area contributed by atoms with Gasteiger partial charge in [0.25, 0.3) is 0 Å². The molecule has 2 heterocycles. The molecule has 2 aromatic heterocycles. The number of fused-ring (bicyclic) bond motifs is 1. The molecule has 0 spiro atoms. The molecule has 1 N–H and O–H groups in total. The number of aromatic nitrogens is 2. The van der Waals surface area contributed by atoms with Gasteiger partial charge < -0.3 is 5.11 Å². The van der Waals surface area contributed by atoms with Gasteiger partial charge in [0.1, 0.15) is 0 Å². The predicted molar refractivity (Wildman–Crippen MR) is 49.4 cm³/mol. The second kappa shape index (κ2) is 2.85. The minimum Gasteiger partial charge on any atom is -0.476 e. The number of aromatic carboxylic acids is 1. The number of hydrogen-bond donors (Lipinski definition) is 1. The molecule has 0 saturated carbocycles. The molecule has 0 fully saturated rings. The predicted octanol–water partition coefficient (Wildman–Crippen LogP) is 1.66. The fraction of sp³-hybridized carbons (Fsp3) is 0.250. The summed E-state index contributed by atoms with van der Waals surface area (Å²) in [6.45, 7) is 1.92. The van der Waals surface area contributed by atoms with Crippen molar-refractivity contribution in [2.45, 2.75) is 13.3 Å². The third kappa shape index (κ3) is 1.12. The molecule has 0 aromatic carbocycles. The Hall–Kier alpha value is -1.36. The summed E-state index contributed by atoms with van der Waals surface area (Å²) in [7, 11) is 0. The van der Waals surface area contributed by atoms with Crippen LogP contribution in [-0.2, 0) is 6.42 Å². The lowest BCUT2D eigenvalue weighted by Crippen LogP contribution is -2.02. The van der Waals surface area contributed by atoms with E-state index in [0.717, 1.165) is 10.7 Å². The topological polar surface area (TPSA) is 54.6 Å². The van der Waals surface area contributed by atoms with Crippen molar-refractivity contribution in [1.82, 2.24) is 9.38 Å². The van der Waals surface area contributed by atoms with Gasteiger partial charge in [-0.05, 0) is 6.42 Å². The van der Waals surface area contributed by atoms with Crippen LogP contribution in [0.4, 0.5) is 0 Å². The van der Waals surface area contributed by atoms with E-state index in [0.29, 0.717) is 6.42 Å². The van der Waals surface area contributed by atoms with Crippen molar-refractivity contribution in [2.75, 3.05) is 0 Å². The Kier molecular flexibility index (Phi) is 1.81. The molecule has 0 aliphatic carbocycles. The maximum absolute atomic E-state index is 10.8. The zero-order valence-electron chi connectivity index (χ0n) is 7.02. The molecule has 0 unspecified atom stereocenters. The number of thiazole rings is 1. The first-order valence-corrected chi connectivity index (χ1v) is 4.79. The smallest absolute Gasteiger partial charge is 0.356 e. The summed E-state index contributed by atoms with van der Waals surface area (Å²) < 4.78 is 1.83. The zero-order chi connectivity index (χ0) is 9.42. The van der Waals surface area contributed by atoms with Crippen LogP contribution < -0.4 is 0 Å². The third-order valence-corrected chi connectivity index (χ3v) is 2.66. The van der Waals surface area contributed by atoms with E-state index in [1.807, 2.05) is 22.9 Å². The number of carboxylic acids is 1. The average Bonchev–Trinajstić information content (AvgIpc) is 2.60. The Morgan fingerprint density at radius 2 is 2.54 bits per heavy atom. The van der Waals surface area contributed by atoms with E-state index in [-0.39, 0.29) is 5.69 Å². The summed E-state index contributed by atoms with van der Waals surface area (Å²) >= 11 is 1.44. The van der Waals surface area contributed by atoms with E-state index >= 15 is 0 Å². The lowest BCUT2D eigenvalue weighted by Gasteiger charge is -1.94. The number of imidazole rings is 1. The molecule has 0 aliphatic rings. The molecule has 2 rings (SSSR count). The summed E-state index contributed by atoms with van der Waals surface area (Å²) in [5.74, 6) is -0.951. The first kappa shape index (κ1) is 8.25. The second-order valence-electron chi connectivity index (χ2n) is 2.62. The van der Waals surface area contributed by atoms with Crippen LogP contribution in [0, 0.1) is 0 Å². The Labute approximate surface area is 78.5 Å². The van der Waals surface area contributed by atoms with Crippen molar-refractivity contribution in [3.8, 4) is 0 Å². The van der Waals surface area contributed by atoms with Gasteiger partial charge in [-0.25, -0.2) is 9.78 Å². The summed E-state index contributed by atoms with van der Waals surface area (Å²) in [6.07, 6.45) is 2.53. The Bertz CT molecular complexity index is 458. The van der Waals surface area contributed by atoms with Gasteiger partial charge >= 0.3 is 5.97 Å². The molecule has 0 atom stereocenters. The van der Waals surface area contributed by atoms with E-state index in [9.17, 15) is 4.79 Å². The van der Waals surface area contributed by atoms with Crippen molar-refractivity contribution in [3.63, 3.8) is 0 Å². The highest BCUT2D eigenvalue weighted by Crippen LogP contribution is 2.17. The largest absolute Gasteiger partial charge is 0.476 e. The maximum atomic E-state index is 10.8. The van der Waals surface area contributed by atoms with Crippen molar-refractivity contribution in [2.24, 2.45) is 0 Å². The van der Waals surface area contributed by atoms with E-state index in [4.69, 9.17) is 5.11 Å². The summed E-state index contributed by atoms with van der Waals surface area (Å²) in [6, 6.07) is 0. The highest BCUT2D eigenvalue weighted by atomic mass is 32.1. The van der Waals surface area contributed by atoms with Crippen LogP contribution in [-0.4, -0.2) is 20.5 Å². The van der Waals surface area contributed by atoms with Gasteiger partial charge in [-0.1, -0.05) is 6.92 Å². The molecule has 0 amide bonds. The fourth-order valence-corrected chi connectivity index (χ4v) is 2.07. The van der Waals surface area contributed by atoms with E-state index in [2.05, 4.69) is 4.98 Å². The minimum atomic E-state index is -0.951. The van der Waals surface area contributed by atoms with Crippen LogP contribution in [0.15, 0.2) is 11.6 Å². The van der Waals surface area contributed by atoms with Crippen LogP contribution in [0.5, 0.6) is 0 Å². The zero-order valence-corrected chi connectivity index (χ0v) is 7.84. The molecule has 4 nitrogen and oxygen atoms in total. The minimum absolute atomic E-state index is 0.175. The van der Waals surface area contributed by atoms with Crippen molar-refractivity contribution in [3.05, 3.63) is 23.0 Å². The summed E-state index contributed by atoms with van der Waals surface area (Å²) in [4.78, 5) is 15.5. The number of carboxylic acid groups (broad SMARTS) is 1. The highest BCUT2D eigenvalue weighted by Gasteiger charge is 2.16. The molecule has 5 heteroatoms. The first-order chi connectivity index (χ1) is 6.24. The SMILES string of the molecule is CCc1c(C(=O)O)nc2sccn12. The molecule has 0 bridgehead atoms.